The van der Waals surface area contributed by atoms with Gasteiger partial charge in [0.05, 0.1) is 19.8 Å². The Bertz CT molecular complexity index is 627. The number of carboxylic acid groups (broad SMARTS) is 1. The zero-order valence-corrected chi connectivity index (χ0v) is 12.3. The molecule has 0 saturated carbocycles. The molecule has 0 aliphatic rings. The van der Waals surface area contributed by atoms with Gasteiger partial charge in [0, 0.05) is 17.1 Å². The lowest BCUT2D eigenvalue weighted by Gasteiger charge is -2.04. The highest BCUT2D eigenvalue weighted by Crippen LogP contribution is 2.30. The Balaban J connectivity index is 2.15. The number of nitrogens with one attached hydrogen (secondary N) is 1. The van der Waals surface area contributed by atoms with Crippen LogP contribution in [0.4, 0.5) is 5.82 Å². The molecule has 1 aromatic heterocycles. The minimum absolute atomic E-state index is 0.0514. The number of aliphatic hydroxyl groups excluding tert-OH is 1. The number of aromatic carboxylic acids is 1. The van der Waals surface area contributed by atoms with Gasteiger partial charge in [0.15, 0.2) is 17.1 Å². The number of halogens is 1. The third-order valence-corrected chi connectivity index (χ3v) is 3.04. The first-order valence-electron chi connectivity index (χ1n) is 6.55. The number of ether oxygens (including phenoxy) is 1. The van der Waals surface area contributed by atoms with Gasteiger partial charge in [0.2, 0.25) is 0 Å². The van der Waals surface area contributed by atoms with E-state index in [9.17, 15) is 9.90 Å². The van der Waals surface area contributed by atoms with E-state index in [2.05, 4.69) is 10.5 Å². The second-order valence-electron chi connectivity index (χ2n) is 4.31. The summed E-state index contributed by atoms with van der Waals surface area (Å²) in [5.74, 6) is -0.863. The van der Waals surface area contributed by atoms with E-state index in [4.69, 9.17) is 26.0 Å². The number of rotatable bonds is 8. The Kier molecular flexibility index (Phi) is 5.76. The molecule has 118 valence electrons. The van der Waals surface area contributed by atoms with Crippen molar-refractivity contribution in [3.05, 3.63) is 34.9 Å². The van der Waals surface area contributed by atoms with Crippen molar-refractivity contribution < 1.29 is 24.3 Å². The van der Waals surface area contributed by atoms with Crippen molar-refractivity contribution in [3.8, 4) is 11.3 Å². The van der Waals surface area contributed by atoms with Crippen LogP contribution >= 0.6 is 11.6 Å². The molecule has 8 heteroatoms. The predicted octanol–water partition coefficient (Wildman–Crippen LogP) is 2.11. The first kappa shape index (κ1) is 16.3. The molecule has 2 aromatic rings. The Hall–Kier alpha value is -2.09. The van der Waals surface area contributed by atoms with Crippen LogP contribution in [-0.4, -0.2) is 47.7 Å². The maximum Gasteiger partial charge on any atom is 0.343 e. The molecule has 0 spiro atoms. The Morgan fingerprint density at radius 3 is 2.68 bits per heavy atom. The van der Waals surface area contributed by atoms with Crippen LogP contribution in [0.1, 0.15) is 10.4 Å². The molecule has 0 bridgehead atoms. The number of benzene rings is 1. The van der Waals surface area contributed by atoms with Crippen molar-refractivity contribution >= 4 is 23.4 Å². The van der Waals surface area contributed by atoms with E-state index in [-0.39, 0.29) is 30.4 Å². The number of carbonyl (C=O) groups is 1. The Morgan fingerprint density at radius 2 is 2.05 bits per heavy atom. The number of aliphatic hydroxyl groups is 1. The number of anilines is 1. The number of carboxylic acids is 1. The normalized spacial score (nSPS) is 10.6. The summed E-state index contributed by atoms with van der Waals surface area (Å²) in [6.07, 6.45) is 0. The highest BCUT2D eigenvalue weighted by Gasteiger charge is 2.23. The van der Waals surface area contributed by atoms with Crippen molar-refractivity contribution in [1.82, 2.24) is 5.16 Å². The van der Waals surface area contributed by atoms with E-state index < -0.39 is 5.97 Å². The molecule has 3 N–H and O–H groups in total. The Labute approximate surface area is 131 Å². The van der Waals surface area contributed by atoms with Crippen LogP contribution in [0.15, 0.2) is 28.8 Å². The second kappa shape index (κ2) is 7.79. The van der Waals surface area contributed by atoms with Gasteiger partial charge in [0.1, 0.15) is 0 Å². The summed E-state index contributed by atoms with van der Waals surface area (Å²) in [5.41, 5.74) is 0.517. The van der Waals surface area contributed by atoms with Crippen molar-refractivity contribution in [1.29, 1.82) is 0 Å². The van der Waals surface area contributed by atoms with E-state index in [1.807, 2.05) is 0 Å². The average Bonchev–Trinajstić information content (AvgIpc) is 2.92. The van der Waals surface area contributed by atoms with Gasteiger partial charge in [0.25, 0.3) is 0 Å². The van der Waals surface area contributed by atoms with Crippen molar-refractivity contribution in [2.24, 2.45) is 0 Å². The lowest BCUT2D eigenvalue weighted by Crippen LogP contribution is -2.13. The molecule has 0 atom stereocenters. The van der Waals surface area contributed by atoms with Gasteiger partial charge in [-0.1, -0.05) is 16.8 Å². The molecule has 0 aliphatic carbocycles. The number of hydrogen-bond donors (Lipinski definition) is 3. The SMILES string of the molecule is O=C(O)c1c(NCCOCCO)noc1-c1ccc(Cl)cc1. The first-order valence-corrected chi connectivity index (χ1v) is 6.92. The fraction of sp³-hybridized carbons (Fsp3) is 0.286. The van der Waals surface area contributed by atoms with Crippen LogP contribution in [0.5, 0.6) is 0 Å². The first-order chi connectivity index (χ1) is 10.6. The molecule has 0 fully saturated rings. The van der Waals surface area contributed by atoms with Gasteiger partial charge >= 0.3 is 5.97 Å². The molecule has 0 radical (unpaired) electrons. The molecule has 0 aliphatic heterocycles. The van der Waals surface area contributed by atoms with Crippen LogP contribution in [0.25, 0.3) is 11.3 Å². The van der Waals surface area contributed by atoms with Crippen LogP contribution in [0, 0.1) is 0 Å². The Morgan fingerprint density at radius 1 is 1.32 bits per heavy atom. The van der Waals surface area contributed by atoms with Gasteiger partial charge in [-0.3, -0.25) is 0 Å². The molecule has 1 aromatic carbocycles. The topological polar surface area (TPSA) is 105 Å². The standard InChI is InChI=1S/C14H15ClN2O5/c15-10-3-1-9(2-4-10)12-11(14(19)20)13(17-22-12)16-5-7-21-8-6-18/h1-4,18H,5-8H2,(H,16,17)(H,19,20). The number of hydrogen-bond acceptors (Lipinski definition) is 6. The summed E-state index contributed by atoms with van der Waals surface area (Å²) < 4.78 is 10.2. The number of aromatic nitrogens is 1. The monoisotopic (exact) mass is 326 g/mol. The molecule has 7 nitrogen and oxygen atoms in total. The van der Waals surface area contributed by atoms with E-state index in [1.165, 1.54) is 0 Å². The lowest BCUT2D eigenvalue weighted by molar-refractivity contribution is 0.0698. The number of nitrogens with zero attached hydrogens (tertiary/aromatic N) is 1. The van der Waals surface area contributed by atoms with Gasteiger partial charge in [-0.15, -0.1) is 0 Å². The quantitative estimate of drug-likeness (QED) is 0.638. The largest absolute Gasteiger partial charge is 0.477 e. The maximum absolute atomic E-state index is 11.4. The summed E-state index contributed by atoms with van der Waals surface area (Å²) in [6.45, 7) is 0.809. The van der Waals surface area contributed by atoms with Gasteiger partial charge in [-0.2, -0.15) is 0 Å². The van der Waals surface area contributed by atoms with Crippen molar-refractivity contribution in [2.45, 2.75) is 0 Å². The summed E-state index contributed by atoms with van der Waals surface area (Å²) in [6, 6.07) is 6.59. The van der Waals surface area contributed by atoms with E-state index in [0.29, 0.717) is 23.7 Å². The molecule has 0 amide bonds. The van der Waals surface area contributed by atoms with Crippen LogP contribution in [0.3, 0.4) is 0 Å². The minimum Gasteiger partial charge on any atom is -0.477 e. The van der Waals surface area contributed by atoms with Crippen LogP contribution in [0.2, 0.25) is 5.02 Å². The summed E-state index contributed by atoms with van der Waals surface area (Å²) >= 11 is 5.81. The molecular formula is C14H15ClN2O5. The van der Waals surface area contributed by atoms with Gasteiger partial charge in [-0.05, 0) is 24.3 Å². The van der Waals surface area contributed by atoms with E-state index in [0.717, 1.165) is 0 Å². The zero-order chi connectivity index (χ0) is 15.9. The highest BCUT2D eigenvalue weighted by molar-refractivity contribution is 6.30. The molecular weight excluding hydrogens is 312 g/mol. The minimum atomic E-state index is -1.15. The van der Waals surface area contributed by atoms with Crippen LogP contribution in [-0.2, 0) is 4.74 Å². The van der Waals surface area contributed by atoms with Crippen molar-refractivity contribution in [3.63, 3.8) is 0 Å². The lowest BCUT2D eigenvalue weighted by atomic mass is 10.1. The van der Waals surface area contributed by atoms with Crippen LogP contribution < -0.4 is 5.32 Å². The summed E-state index contributed by atoms with van der Waals surface area (Å²) in [4.78, 5) is 11.4. The summed E-state index contributed by atoms with van der Waals surface area (Å²) in [7, 11) is 0. The highest BCUT2D eigenvalue weighted by atomic mass is 35.5. The summed E-state index contributed by atoms with van der Waals surface area (Å²) in [5, 5.41) is 25.1. The molecule has 22 heavy (non-hydrogen) atoms. The molecule has 1 heterocycles. The predicted molar refractivity (Wildman–Crippen MR) is 80.3 cm³/mol. The maximum atomic E-state index is 11.4. The van der Waals surface area contributed by atoms with Crippen molar-refractivity contribution in [2.75, 3.05) is 31.7 Å². The molecule has 0 saturated heterocycles. The second-order valence-corrected chi connectivity index (χ2v) is 4.75. The van der Waals surface area contributed by atoms with E-state index >= 15 is 0 Å². The van der Waals surface area contributed by atoms with Gasteiger partial charge < -0.3 is 24.8 Å². The fourth-order valence-corrected chi connectivity index (χ4v) is 1.94. The third-order valence-electron chi connectivity index (χ3n) is 2.79. The van der Waals surface area contributed by atoms with E-state index in [1.54, 1.807) is 24.3 Å². The smallest absolute Gasteiger partial charge is 0.343 e. The zero-order valence-electron chi connectivity index (χ0n) is 11.6. The molecule has 0 unspecified atom stereocenters. The average molecular weight is 327 g/mol. The van der Waals surface area contributed by atoms with Gasteiger partial charge in [-0.25, -0.2) is 4.79 Å². The fourth-order valence-electron chi connectivity index (χ4n) is 1.82. The third kappa shape index (κ3) is 3.97. The molecule has 2 rings (SSSR count).